The highest BCUT2D eigenvalue weighted by molar-refractivity contribution is 6.04. The Morgan fingerprint density at radius 3 is 2.39 bits per heavy atom. The molecule has 0 aromatic heterocycles. The second kappa shape index (κ2) is 12.9. The molecule has 0 fully saturated rings. The van der Waals surface area contributed by atoms with Gasteiger partial charge in [0.1, 0.15) is 30.5 Å². The van der Waals surface area contributed by atoms with E-state index >= 15 is 0 Å². The van der Waals surface area contributed by atoms with Crippen molar-refractivity contribution in [2.75, 3.05) is 23.4 Å². The van der Waals surface area contributed by atoms with Gasteiger partial charge in [-0.25, -0.2) is 0 Å². The summed E-state index contributed by atoms with van der Waals surface area (Å²) in [6.07, 6.45) is 2.59. The molecule has 7 nitrogen and oxygen atoms in total. The predicted octanol–water partition coefficient (Wildman–Crippen LogP) is 6.42. The zero-order valence-electron chi connectivity index (χ0n) is 23.1. The minimum atomic E-state index is -0.611. The SMILES string of the molecule is Cc1ccc(OCCN2C(=O)C(C)Oc3ccc(NC(=O)/C=C/c4ccc(OCc5ccccc5)cc4)cc32)cc1. The number of fused-ring (bicyclic) bond motifs is 1. The average Bonchev–Trinajstić information content (AvgIpc) is 2.99. The Hall–Kier alpha value is -5.04. The number of amides is 2. The van der Waals surface area contributed by atoms with E-state index in [1.54, 1.807) is 36.1 Å². The zero-order chi connectivity index (χ0) is 28.6. The summed E-state index contributed by atoms with van der Waals surface area (Å²) in [4.78, 5) is 27.3. The van der Waals surface area contributed by atoms with E-state index in [0.29, 0.717) is 36.9 Å². The van der Waals surface area contributed by atoms with Crippen molar-refractivity contribution < 1.29 is 23.8 Å². The topological polar surface area (TPSA) is 77.1 Å². The van der Waals surface area contributed by atoms with Gasteiger partial charge < -0.3 is 24.4 Å². The summed E-state index contributed by atoms with van der Waals surface area (Å²) < 4.78 is 17.5. The lowest BCUT2D eigenvalue weighted by molar-refractivity contribution is -0.125. The molecule has 1 atom stereocenters. The van der Waals surface area contributed by atoms with Crippen molar-refractivity contribution in [1.29, 1.82) is 0 Å². The summed E-state index contributed by atoms with van der Waals surface area (Å²) in [5.74, 6) is 1.62. The Balaban J connectivity index is 1.18. The summed E-state index contributed by atoms with van der Waals surface area (Å²) in [6, 6.07) is 30.5. The van der Waals surface area contributed by atoms with Gasteiger partial charge in [0.15, 0.2) is 6.10 Å². The van der Waals surface area contributed by atoms with Crippen LogP contribution in [0.25, 0.3) is 6.08 Å². The molecule has 4 aromatic rings. The molecule has 0 saturated heterocycles. The fourth-order valence-corrected chi connectivity index (χ4v) is 4.38. The Labute approximate surface area is 240 Å². The molecular weight excluding hydrogens is 516 g/mol. The fraction of sp³-hybridized carbons (Fsp3) is 0.176. The first-order chi connectivity index (χ1) is 19.9. The number of nitrogens with zero attached hydrogens (tertiary/aromatic N) is 1. The first-order valence-corrected chi connectivity index (χ1v) is 13.5. The van der Waals surface area contributed by atoms with E-state index < -0.39 is 6.10 Å². The summed E-state index contributed by atoms with van der Waals surface area (Å²) in [5, 5.41) is 2.87. The first kappa shape index (κ1) is 27.5. The highest BCUT2D eigenvalue weighted by Crippen LogP contribution is 2.36. The van der Waals surface area contributed by atoms with Crippen LogP contribution in [0.2, 0.25) is 0 Å². The molecule has 1 aliphatic heterocycles. The van der Waals surface area contributed by atoms with Crippen molar-refractivity contribution in [3.63, 3.8) is 0 Å². The lowest BCUT2D eigenvalue weighted by Crippen LogP contribution is -2.46. The molecule has 2 amide bonds. The maximum Gasteiger partial charge on any atom is 0.267 e. The standard InChI is InChI=1S/C34H32N2O5/c1-24-8-14-29(15-9-24)39-21-20-36-31-22-28(13-18-32(31)41-25(2)34(36)38)35-33(37)19-12-26-10-16-30(17-11-26)40-23-27-6-4-3-5-7-27/h3-19,22,25H,20-21,23H2,1-2H3,(H,35,37)/b19-12+. The highest BCUT2D eigenvalue weighted by Gasteiger charge is 2.31. The number of carbonyl (C=O) groups is 2. The minimum absolute atomic E-state index is 0.162. The van der Waals surface area contributed by atoms with Gasteiger partial charge in [0.25, 0.3) is 5.91 Å². The number of carbonyl (C=O) groups excluding carboxylic acids is 2. The molecule has 4 aromatic carbocycles. The van der Waals surface area contributed by atoms with Crippen molar-refractivity contribution >= 4 is 29.3 Å². The predicted molar refractivity (Wildman–Crippen MR) is 160 cm³/mol. The van der Waals surface area contributed by atoms with Gasteiger partial charge in [-0.1, -0.05) is 60.2 Å². The van der Waals surface area contributed by atoms with Crippen molar-refractivity contribution in [1.82, 2.24) is 0 Å². The van der Waals surface area contributed by atoms with Gasteiger partial charge in [0.2, 0.25) is 5.91 Å². The van der Waals surface area contributed by atoms with Crippen LogP contribution in [0.5, 0.6) is 17.2 Å². The summed E-state index contributed by atoms with van der Waals surface area (Å²) in [7, 11) is 0. The molecule has 208 valence electrons. The zero-order valence-corrected chi connectivity index (χ0v) is 23.1. The van der Waals surface area contributed by atoms with E-state index in [9.17, 15) is 9.59 Å². The fourth-order valence-electron chi connectivity index (χ4n) is 4.38. The minimum Gasteiger partial charge on any atom is -0.492 e. The second-order valence-electron chi connectivity index (χ2n) is 9.76. The molecule has 41 heavy (non-hydrogen) atoms. The van der Waals surface area contributed by atoms with Gasteiger partial charge in [0, 0.05) is 11.8 Å². The van der Waals surface area contributed by atoms with E-state index in [1.807, 2.05) is 85.8 Å². The Morgan fingerprint density at radius 1 is 0.927 bits per heavy atom. The number of anilines is 2. The number of benzene rings is 4. The van der Waals surface area contributed by atoms with Gasteiger partial charge >= 0.3 is 0 Å². The van der Waals surface area contributed by atoms with E-state index in [1.165, 1.54) is 6.08 Å². The van der Waals surface area contributed by atoms with Crippen LogP contribution in [0, 0.1) is 6.92 Å². The first-order valence-electron chi connectivity index (χ1n) is 13.5. The van der Waals surface area contributed by atoms with Crippen molar-refractivity contribution in [2.45, 2.75) is 26.6 Å². The molecule has 0 saturated carbocycles. The molecule has 0 aliphatic carbocycles. The van der Waals surface area contributed by atoms with Crippen LogP contribution in [0.15, 0.2) is 103 Å². The molecule has 1 heterocycles. The largest absolute Gasteiger partial charge is 0.492 e. The third-order valence-electron chi connectivity index (χ3n) is 6.60. The van der Waals surface area contributed by atoms with E-state index in [-0.39, 0.29) is 11.8 Å². The Kier molecular flexibility index (Phi) is 8.64. The van der Waals surface area contributed by atoms with Crippen molar-refractivity contribution in [3.05, 3.63) is 120 Å². The smallest absolute Gasteiger partial charge is 0.267 e. The molecule has 1 N–H and O–H groups in total. The molecule has 0 radical (unpaired) electrons. The van der Waals surface area contributed by atoms with Gasteiger partial charge in [-0.2, -0.15) is 0 Å². The third-order valence-corrected chi connectivity index (χ3v) is 6.60. The van der Waals surface area contributed by atoms with Crippen LogP contribution in [0.1, 0.15) is 23.6 Å². The number of hydrogen-bond donors (Lipinski definition) is 1. The van der Waals surface area contributed by atoms with E-state index in [4.69, 9.17) is 14.2 Å². The molecule has 1 aliphatic rings. The average molecular weight is 549 g/mol. The summed E-state index contributed by atoms with van der Waals surface area (Å²) in [5.41, 5.74) is 4.26. The maximum atomic E-state index is 12.9. The Bertz CT molecular complexity index is 1520. The number of nitrogens with one attached hydrogen (secondary N) is 1. The van der Waals surface area contributed by atoms with Gasteiger partial charge in [-0.3, -0.25) is 9.59 Å². The Morgan fingerprint density at radius 2 is 1.63 bits per heavy atom. The lowest BCUT2D eigenvalue weighted by atomic mass is 10.1. The van der Waals surface area contributed by atoms with Crippen molar-refractivity contribution in [2.24, 2.45) is 0 Å². The normalized spacial score (nSPS) is 14.3. The molecular formula is C34H32N2O5. The lowest BCUT2D eigenvalue weighted by Gasteiger charge is -2.33. The quantitative estimate of drug-likeness (QED) is 0.232. The molecule has 0 spiro atoms. The van der Waals surface area contributed by atoms with Crippen LogP contribution in [0.4, 0.5) is 11.4 Å². The number of rotatable bonds is 10. The summed E-state index contributed by atoms with van der Waals surface area (Å²) in [6.45, 7) is 4.89. The third kappa shape index (κ3) is 7.33. The van der Waals surface area contributed by atoms with Crippen LogP contribution >= 0.6 is 0 Å². The number of ether oxygens (including phenoxy) is 3. The maximum absolute atomic E-state index is 12.9. The van der Waals surface area contributed by atoms with Gasteiger partial charge in [-0.05, 0) is 73.5 Å². The summed E-state index contributed by atoms with van der Waals surface area (Å²) >= 11 is 0. The monoisotopic (exact) mass is 548 g/mol. The van der Waals surface area contributed by atoms with Crippen LogP contribution in [-0.4, -0.2) is 31.1 Å². The molecule has 0 bridgehead atoms. The highest BCUT2D eigenvalue weighted by atomic mass is 16.5. The molecule has 7 heteroatoms. The van der Waals surface area contributed by atoms with Crippen LogP contribution in [0.3, 0.4) is 0 Å². The molecule has 1 unspecified atom stereocenters. The number of hydrogen-bond acceptors (Lipinski definition) is 5. The van der Waals surface area contributed by atoms with Crippen LogP contribution < -0.4 is 24.4 Å². The number of aryl methyl sites for hydroxylation is 1. The van der Waals surface area contributed by atoms with E-state index in [2.05, 4.69) is 5.32 Å². The van der Waals surface area contributed by atoms with Crippen LogP contribution in [-0.2, 0) is 16.2 Å². The van der Waals surface area contributed by atoms with Gasteiger partial charge in [-0.15, -0.1) is 0 Å². The van der Waals surface area contributed by atoms with Gasteiger partial charge in [0.05, 0.1) is 12.2 Å². The van der Waals surface area contributed by atoms with Crippen molar-refractivity contribution in [3.8, 4) is 17.2 Å². The molecule has 5 rings (SSSR count). The van der Waals surface area contributed by atoms with E-state index in [0.717, 1.165) is 28.2 Å². The second-order valence-corrected chi connectivity index (χ2v) is 9.76.